The van der Waals surface area contributed by atoms with E-state index >= 15 is 0 Å². The summed E-state index contributed by atoms with van der Waals surface area (Å²) in [7, 11) is 1.62. The number of nitrogens with zero attached hydrogens (tertiary/aromatic N) is 2. The van der Waals surface area contributed by atoms with Gasteiger partial charge in [0, 0.05) is 20.1 Å². The molecule has 0 atom stereocenters. The highest BCUT2D eigenvalue weighted by Crippen LogP contribution is 2.16. The summed E-state index contributed by atoms with van der Waals surface area (Å²) < 4.78 is 13.2. The third-order valence-electron chi connectivity index (χ3n) is 2.76. The van der Waals surface area contributed by atoms with Gasteiger partial charge in [0.1, 0.15) is 11.6 Å². The fraction of sp³-hybridized carbons (Fsp3) is 0.538. The van der Waals surface area contributed by atoms with Gasteiger partial charge >= 0.3 is 0 Å². The molecular weight excluding hydrogens is 249 g/mol. The lowest BCUT2D eigenvalue weighted by Gasteiger charge is -2.22. The SMILES string of the molecule is CCCCN(CCO)C(=O)c1cc(F)cnc1NC. The van der Waals surface area contributed by atoms with Crippen molar-refractivity contribution < 1.29 is 14.3 Å². The average molecular weight is 269 g/mol. The Morgan fingerprint density at radius 1 is 1.53 bits per heavy atom. The number of hydrogen-bond acceptors (Lipinski definition) is 4. The van der Waals surface area contributed by atoms with Crippen LogP contribution in [0.1, 0.15) is 30.1 Å². The standard InChI is InChI=1S/C13H20FN3O2/c1-3-4-5-17(6-7-18)13(19)11-8-10(14)9-16-12(11)15-2/h8-9,18H,3-7H2,1-2H3,(H,15,16). The molecule has 0 bridgehead atoms. The lowest BCUT2D eigenvalue weighted by molar-refractivity contribution is 0.0719. The van der Waals surface area contributed by atoms with Crippen LogP contribution in [0.2, 0.25) is 0 Å². The van der Waals surface area contributed by atoms with Crippen LogP contribution < -0.4 is 5.32 Å². The van der Waals surface area contributed by atoms with Gasteiger partial charge in [-0.25, -0.2) is 9.37 Å². The Hall–Kier alpha value is -1.69. The first-order valence-corrected chi connectivity index (χ1v) is 6.37. The third-order valence-corrected chi connectivity index (χ3v) is 2.76. The minimum atomic E-state index is -0.554. The Morgan fingerprint density at radius 3 is 2.84 bits per heavy atom. The zero-order valence-corrected chi connectivity index (χ0v) is 11.3. The van der Waals surface area contributed by atoms with Crippen LogP contribution in [0.25, 0.3) is 0 Å². The monoisotopic (exact) mass is 269 g/mol. The van der Waals surface area contributed by atoms with Crippen LogP contribution in [0.15, 0.2) is 12.3 Å². The van der Waals surface area contributed by atoms with Gasteiger partial charge in [-0.05, 0) is 12.5 Å². The highest BCUT2D eigenvalue weighted by atomic mass is 19.1. The van der Waals surface area contributed by atoms with E-state index in [0.717, 1.165) is 25.1 Å². The lowest BCUT2D eigenvalue weighted by Crippen LogP contribution is -2.35. The molecule has 0 aliphatic rings. The summed E-state index contributed by atoms with van der Waals surface area (Å²) in [6.45, 7) is 2.67. The largest absolute Gasteiger partial charge is 0.395 e. The number of hydrogen-bond donors (Lipinski definition) is 2. The fourth-order valence-electron chi connectivity index (χ4n) is 1.76. The topological polar surface area (TPSA) is 65.5 Å². The van der Waals surface area contributed by atoms with Gasteiger partial charge in [-0.1, -0.05) is 13.3 Å². The molecule has 0 spiro atoms. The summed E-state index contributed by atoms with van der Waals surface area (Å²) in [5, 5.41) is 11.8. The molecule has 1 aromatic rings. The van der Waals surface area contributed by atoms with Crippen molar-refractivity contribution in [1.29, 1.82) is 0 Å². The van der Waals surface area contributed by atoms with Crippen LogP contribution in [-0.2, 0) is 0 Å². The van der Waals surface area contributed by atoms with Gasteiger partial charge in [0.15, 0.2) is 0 Å². The zero-order valence-electron chi connectivity index (χ0n) is 11.3. The van der Waals surface area contributed by atoms with Crippen molar-refractivity contribution in [2.75, 3.05) is 32.1 Å². The van der Waals surface area contributed by atoms with E-state index in [-0.39, 0.29) is 24.6 Å². The molecule has 0 aromatic carbocycles. The first kappa shape index (κ1) is 15.4. The quantitative estimate of drug-likeness (QED) is 0.787. The number of aliphatic hydroxyl groups is 1. The Bertz CT molecular complexity index is 426. The molecule has 0 fully saturated rings. The third kappa shape index (κ3) is 4.17. The van der Waals surface area contributed by atoms with Crippen LogP contribution in [0.5, 0.6) is 0 Å². The molecule has 1 heterocycles. The van der Waals surface area contributed by atoms with E-state index in [1.807, 2.05) is 6.92 Å². The Balaban J connectivity index is 2.97. The summed E-state index contributed by atoms with van der Waals surface area (Å²) in [5.41, 5.74) is 0.187. The first-order chi connectivity index (χ1) is 9.13. The molecule has 0 saturated carbocycles. The van der Waals surface area contributed by atoms with Crippen molar-refractivity contribution in [2.24, 2.45) is 0 Å². The minimum Gasteiger partial charge on any atom is -0.395 e. The Labute approximate surface area is 112 Å². The van der Waals surface area contributed by atoms with E-state index in [2.05, 4.69) is 10.3 Å². The van der Waals surface area contributed by atoms with Crippen LogP contribution in [0, 0.1) is 5.82 Å². The van der Waals surface area contributed by atoms with Crippen molar-refractivity contribution in [3.8, 4) is 0 Å². The summed E-state index contributed by atoms with van der Waals surface area (Å²) in [5.74, 6) is -0.536. The highest BCUT2D eigenvalue weighted by molar-refractivity contribution is 5.98. The lowest BCUT2D eigenvalue weighted by atomic mass is 10.2. The predicted octanol–water partition coefficient (Wildman–Crippen LogP) is 1.50. The van der Waals surface area contributed by atoms with E-state index < -0.39 is 5.82 Å². The number of pyridine rings is 1. The van der Waals surface area contributed by atoms with E-state index in [0.29, 0.717) is 12.4 Å². The number of carbonyl (C=O) groups excluding carboxylic acids is 1. The molecule has 106 valence electrons. The second kappa shape index (κ2) is 7.68. The average Bonchev–Trinajstić information content (AvgIpc) is 2.42. The van der Waals surface area contributed by atoms with Gasteiger partial charge in [0.25, 0.3) is 5.91 Å². The summed E-state index contributed by atoms with van der Waals surface area (Å²) >= 11 is 0. The van der Waals surface area contributed by atoms with Crippen LogP contribution in [-0.4, -0.2) is 47.6 Å². The molecule has 1 rings (SSSR count). The second-order valence-corrected chi connectivity index (χ2v) is 4.17. The van der Waals surface area contributed by atoms with Gasteiger partial charge < -0.3 is 15.3 Å². The molecule has 19 heavy (non-hydrogen) atoms. The van der Waals surface area contributed by atoms with Crippen molar-refractivity contribution in [1.82, 2.24) is 9.88 Å². The summed E-state index contributed by atoms with van der Waals surface area (Å²) in [4.78, 5) is 17.7. The van der Waals surface area contributed by atoms with E-state index in [4.69, 9.17) is 5.11 Å². The maximum Gasteiger partial charge on any atom is 0.257 e. The maximum absolute atomic E-state index is 13.2. The molecular formula is C13H20FN3O2. The number of rotatable bonds is 7. The van der Waals surface area contributed by atoms with Crippen molar-refractivity contribution in [3.05, 3.63) is 23.6 Å². The number of unbranched alkanes of at least 4 members (excludes halogenated alkanes) is 1. The Morgan fingerprint density at radius 2 is 2.26 bits per heavy atom. The molecule has 0 unspecified atom stereocenters. The highest BCUT2D eigenvalue weighted by Gasteiger charge is 2.19. The number of nitrogens with one attached hydrogen (secondary N) is 1. The van der Waals surface area contributed by atoms with Gasteiger partial charge in [-0.15, -0.1) is 0 Å². The molecule has 0 aliphatic heterocycles. The second-order valence-electron chi connectivity index (χ2n) is 4.17. The molecule has 0 aliphatic carbocycles. The first-order valence-electron chi connectivity index (χ1n) is 6.37. The molecule has 0 saturated heterocycles. The van der Waals surface area contributed by atoms with Gasteiger partial charge in [-0.2, -0.15) is 0 Å². The number of halogens is 1. The number of aliphatic hydroxyl groups excluding tert-OH is 1. The molecule has 0 radical (unpaired) electrons. The Kier molecular flexibility index (Phi) is 6.21. The number of carbonyl (C=O) groups is 1. The van der Waals surface area contributed by atoms with Gasteiger partial charge in [-0.3, -0.25) is 4.79 Å². The van der Waals surface area contributed by atoms with E-state index in [1.165, 1.54) is 4.90 Å². The predicted molar refractivity (Wildman–Crippen MR) is 71.6 cm³/mol. The molecule has 5 nitrogen and oxygen atoms in total. The summed E-state index contributed by atoms with van der Waals surface area (Å²) in [6, 6.07) is 1.16. The van der Waals surface area contributed by atoms with Crippen LogP contribution in [0.3, 0.4) is 0 Å². The van der Waals surface area contributed by atoms with Gasteiger partial charge in [0.2, 0.25) is 0 Å². The number of amides is 1. The van der Waals surface area contributed by atoms with Crippen LogP contribution in [0.4, 0.5) is 10.2 Å². The number of aromatic nitrogens is 1. The van der Waals surface area contributed by atoms with Crippen molar-refractivity contribution in [3.63, 3.8) is 0 Å². The normalized spacial score (nSPS) is 10.3. The van der Waals surface area contributed by atoms with Crippen molar-refractivity contribution in [2.45, 2.75) is 19.8 Å². The van der Waals surface area contributed by atoms with Gasteiger partial charge in [0.05, 0.1) is 18.4 Å². The van der Waals surface area contributed by atoms with E-state index in [1.54, 1.807) is 7.05 Å². The smallest absolute Gasteiger partial charge is 0.257 e. The molecule has 2 N–H and O–H groups in total. The molecule has 1 aromatic heterocycles. The van der Waals surface area contributed by atoms with Crippen LogP contribution >= 0.6 is 0 Å². The number of anilines is 1. The fourth-order valence-corrected chi connectivity index (χ4v) is 1.76. The minimum absolute atomic E-state index is 0.118. The molecule has 6 heteroatoms. The molecule has 1 amide bonds. The maximum atomic E-state index is 13.2. The van der Waals surface area contributed by atoms with E-state index in [9.17, 15) is 9.18 Å². The zero-order chi connectivity index (χ0) is 14.3. The van der Waals surface area contributed by atoms with Crippen molar-refractivity contribution >= 4 is 11.7 Å². The summed E-state index contributed by atoms with van der Waals surface area (Å²) in [6.07, 6.45) is 2.84.